The minimum atomic E-state index is -0.156. The summed E-state index contributed by atoms with van der Waals surface area (Å²) in [6.07, 6.45) is 6.29. The van der Waals surface area contributed by atoms with E-state index in [1.807, 2.05) is 30.1 Å². The highest BCUT2D eigenvalue weighted by atomic mass is 32.2. The van der Waals surface area contributed by atoms with Crippen molar-refractivity contribution >= 4 is 17.7 Å². The smallest absolute Gasteiger partial charge is 0.193 e. The van der Waals surface area contributed by atoms with Crippen LogP contribution in [0.15, 0.2) is 46.5 Å². The highest BCUT2D eigenvalue weighted by molar-refractivity contribution is 7.99. The summed E-state index contributed by atoms with van der Waals surface area (Å²) < 4.78 is 15.5. The van der Waals surface area contributed by atoms with Gasteiger partial charge in [0.25, 0.3) is 0 Å². The minimum Gasteiger partial charge on any atom is -0.357 e. The van der Waals surface area contributed by atoms with Gasteiger partial charge in [-0.1, -0.05) is 12.1 Å². The van der Waals surface area contributed by atoms with Crippen molar-refractivity contribution in [2.75, 3.05) is 31.9 Å². The fraction of sp³-hybridized carbons (Fsp3) is 0.500. The van der Waals surface area contributed by atoms with Crippen LogP contribution in [-0.4, -0.2) is 52.6 Å². The molecular formula is C20H28FN5S. The second-order valence-electron chi connectivity index (χ2n) is 6.84. The zero-order valence-corrected chi connectivity index (χ0v) is 16.9. The molecule has 1 aromatic heterocycles. The van der Waals surface area contributed by atoms with Crippen molar-refractivity contribution in [1.82, 2.24) is 20.0 Å². The van der Waals surface area contributed by atoms with Crippen molar-refractivity contribution in [2.45, 2.75) is 24.7 Å². The Hall–Kier alpha value is -2.02. The average Bonchev–Trinajstić information content (AvgIpc) is 3.28. The second kappa shape index (κ2) is 9.78. The van der Waals surface area contributed by atoms with E-state index in [2.05, 4.69) is 28.4 Å². The SMILES string of the molecule is CCNC(=NCCSc1ccccc1F)N1CCC(Cc2cnn(C)c2)C1. The molecule has 1 N–H and O–H groups in total. The maximum Gasteiger partial charge on any atom is 0.193 e. The highest BCUT2D eigenvalue weighted by Crippen LogP contribution is 2.22. The minimum absolute atomic E-state index is 0.156. The third-order valence-corrected chi connectivity index (χ3v) is 5.68. The summed E-state index contributed by atoms with van der Waals surface area (Å²) in [5, 5.41) is 7.66. The molecule has 2 heterocycles. The number of halogens is 1. The lowest BCUT2D eigenvalue weighted by molar-refractivity contribution is 0.460. The Bertz CT molecular complexity index is 760. The summed E-state index contributed by atoms with van der Waals surface area (Å²) in [6, 6.07) is 6.90. The molecule has 1 atom stereocenters. The summed E-state index contributed by atoms with van der Waals surface area (Å²) in [7, 11) is 1.96. The number of nitrogens with zero attached hydrogens (tertiary/aromatic N) is 4. The van der Waals surface area contributed by atoms with Gasteiger partial charge in [0.2, 0.25) is 0 Å². The lowest BCUT2D eigenvalue weighted by Crippen LogP contribution is -2.40. The predicted molar refractivity (Wildman–Crippen MR) is 110 cm³/mol. The molecule has 1 saturated heterocycles. The van der Waals surface area contributed by atoms with Crippen LogP contribution in [0.2, 0.25) is 0 Å². The molecule has 1 fully saturated rings. The van der Waals surface area contributed by atoms with E-state index in [9.17, 15) is 4.39 Å². The van der Waals surface area contributed by atoms with E-state index in [4.69, 9.17) is 4.99 Å². The molecule has 1 aromatic carbocycles. The van der Waals surface area contributed by atoms with Crippen LogP contribution >= 0.6 is 11.8 Å². The number of benzene rings is 1. The van der Waals surface area contributed by atoms with Crippen LogP contribution in [0.3, 0.4) is 0 Å². The molecule has 5 nitrogen and oxygen atoms in total. The number of nitrogens with one attached hydrogen (secondary N) is 1. The molecule has 1 aliphatic rings. The van der Waals surface area contributed by atoms with E-state index >= 15 is 0 Å². The Kier molecular flexibility index (Phi) is 7.15. The fourth-order valence-corrected chi connectivity index (χ4v) is 4.18. The molecule has 1 aliphatic heterocycles. The van der Waals surface area contributed by atoms with Gasteiger partial charge in [0, 0.05) is 43.5 Å². The van der Waals surface area contributed by atoms with E-state index in [-0.39, 0.29) is 5.82 Å². The van der Waals surface area contributed by atoms with Crippen molar-refractivity contribution < 1.29 is 4.39 Å². The fourth-order valence-electron chi connectivity index (χ4n) is 3.40. The number of hydrogen-bond acceptors (Lipinski definition) is 3. The van der Waals surface area contributed by atoms with E-state index in [1.54, 1.807) is 6.07 Å². The van der Waals surface area contributed by atoms with Crippen LogP contribution in [0.4, 0.5) is 4.39 Å². The summed E-state index contributed by atoms with van der Waals surface area (Å²) in [5.41, 5.74) is 1.30. The summed E-state index contributed by atoms with van der Waals surface area (Å²) >= 11 is 1.52. The molecular weight excluding hydrogens is 361 g/mol. The van der Waals surface area contributed by atoms with Crippen LogP contribution in [0, 0.1) is 11.7 Å². The number of aryl methyl sites for hydroxylation is 1. The zero-order chi connectivity index (χ0) is 19.1. The zero-order valence-electron chi connectivity index (χ0n) is 16.1. The highest BCUT2D eigenvalue weighted by Gasteiger charge is 2.25. The maximum atomic E-state index is 13.7. The first-order valence-corrected chi connectivity index (χ1v) is 10.5. The first-order valence-electron chi connectivity index (χ1n) is 9.53. The molecule has 7 heteroatoms. The van der Waals surface area contributed by atoms with Crippen LogP contribution < -0.4 is 5.32 Å². The molecule has 0 amide bonds. The number of aromatic nitrogens is 2. The number of rotatable bonds is 7. The number of thioether (sulfide) groups is 1. The van der Waals surface area contributed by atoms with Crippen LogP contribution in [-0.2, 0) is 13.5 Å². The largest absolute Gasteiger partial charge is 0.357 e. The number of guanidine groups is 1. The number of hydrogen-bond donors (Lipinski definition) is 1. The lowest BCUT2D eigenvalue weighted by atomic mass is 10.0. The first-order chi connectivity index (χ1) is 13.2. The van der Waals surface area contributed by atoms with Gasteiger partial charge in [0.05, 0.1) is 12.7 Å². The Morgan fingerprint density at radius 3 is 3.00 bits per heavy atom. The van der Waals surface area contributed by atoms with Gasteiger partial charge in [0.1, 0.15) is 5.82 Å². The van der Waals surface area contributed by atoms with Gasteiger partial charge in [-0.05, 0) is 43.4 Å². The number of aliphatic imine (C=N–C) groups is 1. The maximum absolute atomic E-state index is 13.7. The van der Waals surface area contributed by atoms with Crippen LogP contribution in [0.25, 0.3) is 0 Å². The van der Waals surface area contributed by atoms with Crippen molar-refractivity contribution in [3.63, 3.8) is 0 Å². The Balaban J connectivity index is 1.50. The quantitative estimate of drug-likeness (QED) is 0.342. The number of likely N-dealkylation sites (tertiary alicyclic amines) is 1. The van der Waals surface area contributed by atoms with Gasteiger partial charge < -0.3 is 10.2 Å². The van der Waals surface area contributed by atoms with Gasteiger partial charge in [-0.25, -0.2) is 4.39 Å². The lowest BCUT2D eigenvalue weighted by Gasteiger charge is -2.21. The van der Waals surface area contributed by atoms with E-state index in [0.717, 1.165) is 37.8 Å². The van der Waals surface area contributed by atoms with Gasteiger partial charge in [0.15, 0.2) is 5.96 Å². The Labute approximate surface area is 165 Å². The Morgan fingerprint density at radius 2 is 2.26 bits per heavy atom. The van der Waals surface area contributed by atoms with Crippen molar-refractivity contribution in [3.05, 3.63) is 48.0 Å². The molecule has 0 aliphatic carbocycles. The first kappa shape index (κ1) is 19.7. The Morgan fingerprint density at radius 1 is 1.41 bits per heavy atom. The van der Waals surface area contributed by atoms with Crippen LogP contribution in [0.5, 0.6) is 0 Å². The summed E-state index contributed by atoms with van der Waals surface area (Å²) in [4.78, 5) is 7.79. The third-order valence-electron chi connectivity index (χ3n) is 4.65. The molecule has 3 rings (SSSR count). The van der Waals surface area contributed by atoms with Gasteiger partial charge in [-0.15, -0.1) is 11.8 Å². The van der Waals surface area contributed by atoms with Crippen molar-refractivity contribution in [1.29, 1.82) is 0 Å². The van der Waals surface area contributed by atoms with Gasteiger partial charge in [-0.3, -0.25) is 9.67 Å². The second-order valence-corrected chi connectivity index (χ2v) is 7.98. The van der Waals surface area contributed by atoms with Crippen LogP contribution in [0.1, 0.15) is 18.9 Å². The van der Waals surface area contributed by atoms with Crippen molar-refractivity contribution in [2.24, 2.45) is 18.0 Å². The molecule has 0 saturated carbocycles. The summed E-state index contributed by atoms with van der Waals surface area (Å²) in [6.45, 7) is 5.65. The topological polar surface area (TPSA) is 45.5 Å². The molecule has 146 valence electrons. The molecule has 0 spiro atoms. The van der Waals surface area contributed by atoms with E-state index in [1.165, 1.54) is 29.8 Å². The van der Waals surface area contributed by atoms with Gasteiger partial charge in [-0.2, -0.15) is 5.10 Å². The standard InChI is InChI=1S/C20H28FN5S/c1-3-22-20(23-9-11-27-19-7-5-4-6-18(19)21)26-10-8-16(15-26)12-17-13-24-25(2)14-17/h4-7,13-14,16H,3,8-12,15H2,1-2H3,(H,22,23). The molecule has 1 unspecified atom stereocenters. The molecule has 0 bridgehead atoms. The normalized spacial score (nSPS) is 17.5. The molecule has 0 radical (unpaired) electrons. The molecule has 27 heavy (non-hydrogen) atoms. The summed E-state index contributed by atoms with van der Waals surface area (Å²) in [5.74, 6) is 2.21. The van der Waals surface area contributed by atoms with E-state index < -0.39 is 0 Å². The predicted octanol–water partition coefficient (Wildman–Crippen LogP) is 3.18. The average molecular weight is 390 g/mol. The van der Waals surface area contributed by atoms with Gasteiger partial charge >= 0.3 is 0 Å². The monoisotopic (exact) mass is 389 g/mol. The van der Waals surface area contributed by atoms with E-state index in [0.29, 0.717) is 17.4 Å². The van der Waals surface area contributed by atoms with Crippen molar-refractivity contribution in [3.8, 4) is 0 Å². The third kappa shape index (κ3) is 5.73. The molecule has 2 aromatic rings.